The van der Waals surface area contributed by atoms with E-state index in [1.165, 1.54) is 9.87 Å². The van der Waals surface area contributed by atoms with E-state index < -0.39 is 16.1 Å². The van der Waals surface area contributed by atoms with Gasteiger partial charge >= 0.3 is 0 Å². The highest BCUT2D eigenvalue weighted by Gasteiger charge is 2.38. The molecule has 2 aromatic rings. The Hall–Kier alpha value is -2.37. The standard InChI is InChI=1S/C27H36N2O4S/c1-20(2)11-12-23-13-14-27-25(15-23)33-26(18-28(5)17-24-9-7-6-8-10-24)21(3)16-29(22(4)19-30)34(27,31)32/h6-10,13-15,20-22,26,30H,16-19H2,1-5H3/t21-,22-,26+/m1/s1. The number of likely N-dealkylation sites (N-methyl/N-ethyl adjacent to an activating group) is 1. The zero-order valence-electron chi connectivity index (χ0n) is 20.7. The summed E-state index contributed by atoms with van der Waals surface area (Å²) in [5.74, 6) is 6.66. The molecule has 2 aromatic carbocycles. The largest absolute Gasteiger partial charge is 0.487 e. The molecule has 0 spiro atoms. The molecule has 1 aliphatic heterocycles. The van der Waals surface area contributed by atoms with Crippen molar-refractivity contribution >= 4 is 10.0 Å². The van der Waals surface area contributed by atoms with Crippen LogP contribution in [0, 0.1) is 23.7 Å². The minimum Gasteiger partial charge on any atom is -0.487 e. The first-order chi connectivity index (χ1) is 16.1. The lowest BCUT2D eigenvalue weighted by Gasteiger charge is -2.37. The first-order valence-electron chi connectivity index (χ1n) is 11.8. The van der Waals surface area contributed by atoms with Gasteiger partial charge in [-0.15, -0.1) is 0 Å². The van der Waals surface area contributed by atoms with Crippen LogP contribution < -0.4 is 4.74 Å². The summed E-state index contributed by atoms with van der Waals surface area (Å²) >= 11 is 0. The van der Waals surface area contributed by atoms with E-state index in [2.05, 4.69) is 28.9 Å². The number of hydrogen-bond donors (Lipinski definition) is 1. The molecule has 0 amide bonds. The molecule has 184 valence electrons. The molecular formula is C27H36N2O4S. The minimum absolute atomic E-state index is 0.0967. The van der Waals surface area contributed by atoms with E-state index in [9.17, 15) is 13.5 Å². The zero-order valence-corrected chi connectivity index (χ0v) is 21.5. The van der Waals surface area contributed by atoms with E-state index in [0.29, 0.717) is 17.9 Å². The van der Waals surface area contributed by atoms with Gasteiger partial charge in [0, 0.05) is 43.1 Å². The molecule has 0 bridgehead atoms. The van der Waals surface area contributed by atoms with Gasteiger partial charge in [0.25, 0.3) is 0 Å². The number of hydrogen-bond acceptors (Lipinski definition) is 5. The van der Waals surface area contributed by atoms with Gasteiger partial charge in [0.2, 0.25) is 10.0 Å². The van der Waals surface area contributed by atoms with Crippen LogP contribution in [0.2, 0.25) is 0 Å². The van der Waals surface area contributed by atoms with Gasteiger partial charge in [0.15, 0.2) is 0 Å². The second-order valence-corrected chi connectivity index (χ2v) is 11.4. The predicted molar refractivity (Wildman–Crippen MR) is 135 cm³/mol. The molecule has 6 nitrogen and oxygen atoms in total. The third kappa shape index (κ3) is 6.39. The maximum Gasteiger partial charge on any atom is 0.247 e. The second-order valence-electron chi connectivity index (χ2n) is 9.51. The van der Waals surface area contributed by atoms with E-state index >= 15 is 0 Å². The summed E-state index contributed by atoms with van der Waals surface area (Å²) in [6, 6.07) is 14.7. The molecule has 0 saturated heterocycles. The minimum atomic E-state index is -3.85. The van der Waals surface area contributed by atoms with Crippen molar-refractivity contribution in [3.8, 4) is 17.6 Å². The van der Waals surface area contributed by atoms with Crippen LogP contribution in [0.3, 0.4) is 0 Å². The van der Waals surface area contributed by atoms with Gasteiger partial charge in [-0.3, -0.25) is 4.90 Å². The topological polar surface area (TPSA) is 70.1 Å². The summed E-state index contributed by atoms with van der Waals surface area (Å²) in [4.78, 5) is 2.31. The quantitative estimate of drug-likeness (QED) is 0.635. The first kappa shape index (κ1) is 26.2. The van der Waals surface area contributed by atoms with Crippen molar-refractivity contribution in [2.75, 3.05) is 26.7 Å². The summed E-state index contributed by atoms with van der Waals surface area (Å²) in [5.41, 5.74) is 1.92. The third-order valence-electron chi connectivity index (χ3n) is 5.96. The summed E-state index contributed by atoms with van der Waals surface area (Å²) in [6.07, 6.45) is -0.246. The van der Waals surface area contributed by atoms with Crippen molar-refractivity contribution in [3.05, 3.63) is 59.7 Å². The molecule has 3 rings (SSSR count). The number of fused-ring (bicyclic) bond motifs is 1. The fraction of sp³-hybridized carbons (Fsp3) is 0.481. The van der Waals surface area contributed by atoms with Gasteiger partial charge in [0.1, 0.15) is 16.7 Å². The SMILES string of the molecule is CC(C)C#Cc1ccc2c(c1)O[C@@H](CN(C)Cc1ccccc1)[C@H](C)CN([C@H](C)CO)S2(=O)=O. The highest BCUT2D eigenvalue weighted by atomic mass is 32.2. The van der Waals surface area contributed by atoms with Crippen molar-refractivity contribution in [3.63, 3.8) is 0 Å². The van der Waals surface area contributed by atoms with Gasteiger partial charge in [-0.25, -0.2) is 8.42 Å². The molecule has 0 aliphatic carbocycles. The normalized spacial score (nSPS) is 21.1. The van der Waals surface area contributed by atoms with Gasteiger partial charge in [0.05, 0.1) is 6.61 Å². The molecule has 0 unspecified atom stereocenters. The Bertz CT molecular complexity index is 1120. The Balaban J connectivity index is 1.99. The highest BCUT2D eigenvalue weighted by molar-refractivity contribution is 7.89. The van der Waals surface area contributed by atoms with Crippen LogP contribution in [0.25, 0.3) is 0 Å². The summed E-state index contributed by atoms with van der Waals surface area (Å²) in [7, 11) is -1.81. The van der Waals surface area contributed by atoms with Crippen molar-refractivity contribution in [1.29, 1.82) is 0 Å². The van der Waals surface area contributed by atoms with Gasteiger partial charge in [-0.1, -0.05) is 62.9 Å². The number of aliphatic hydroxyl groups is 1. The van der Waals surface area contributed by atoms with E-state index in [4.69, 9.17) is 4.74 Å². The second kappa shape index (κ2) is 11.4. The van der Waals surface area contributed by atoms with E-state index in [-0.39, 0.29) is 36.0 Å². The number of ether oxygens (including phenoxy) is 1. The molecule has 3 atom stereocenters. The van der Waals surface area contributed by atoms with Crippen LogP contribution in [0.15, 0.2) is 53.4 Å². The summed E-state index contributed by atoms with van der Waals surface area (Å²) in [5, 5.41) is 9.79. The maximum absolute atomic E-state index is 13.6. The average molecular weight is 485 g/mol. The lowest BCUT2D eigenvalue weighted by molar-refractivity contribution is 0.0733. The molecular weight excluding hydrogens is 448 g/mol. The van der Waals surface area contributed by atoms with E-state index in [1.807, 2.05) is 46.0 Å². The van der Waals surface area contributed by atoms with Crippen molar-refractivity contribution in [2.24, 2.45) is 11.8 Å². The Kier molecular flexibility index (Phi) is 8.78. The van der Waals surface area contributed by atoms with Crippen molar-refractivity contribution < 1.29 is 18.3 Å². The molecule has 0 radical (unpaired) electrons. The number of aliphatic hydroxyl groups excluding tert-OH is 1. The van der Waals surface area contributed by atoms with E-state index in [0.717, 1.165) is 6.54 Å². The van der Waals surface area contributed by atoms with Gasteiger partial charge in [-0.05, 0) is 37.7 Å². The Labute approximate surface area is 204 Å². The number of nitrogens with zero attached hydrogens (tertiary/aromatic N) is 2. The van der Waals surface area contributed by atoms with Crippen LogP contribution in [-0.4, -0.2) is 61.6 Å². The number of rotatable bonds is 6. The Morgan fingerprint density at radius 3 is 2.53 bits per heavy atom. The van der Waals surface area contributed by atoms with Crippen LogP contribution in [0.1, 0.15) is 38.8 Å². The zero-order chi connectivity index (χ0) is 24.9. The summed E-state index contributed by atoms with van der Waals surface area (Å²) < 4.78 is 34.9. The fourth-order valence-electron chi connectivity index (χ4n) is 4.02. The molecule has 1 aliphatic rings. The fourth-order valence-corrected chi connectivity index (χ4v) is 5.84. The van der Waals surface area contributed by atoms with Crippen LogP contribution in [0.5, 0.6) is 5.75 Å². The van der Waals surface area contributed by atoms with Crippen LogP contribution >= 0.6 is 0 Å². The van der Waals surface area contributed by atoms with Crippen molar-refractivity contribution in [1.82, 2.24) is 9.21 Å². The Morgan fingerprint density at radius 1 is 1.18 bits per heavy atom. The lowest BCUT2D eigenvalue weighted by atomic mass is 10.0. The monoisotopic (exact) mass is 484 g/mol. The number of benzene rings is 2. The van der Waals surface area contributed by atoms with E-state index in [1.54, 1.807) is 25.1 Å². The highest BCUT2D eigenvalue weighted by Crippen LogP contribution is 2.34. The maximum atomic E-state index is 13.6. The predicted octanol–water partition coefficient (Wildman–Crippen LogP) is 3.59. The molecule has 7 heteroatoms. The molecule has 1 heterocycles. The molecule has 0 aromatic heterocycles. The van der Waals surface area contributed by atoms with Gasteiger partial charge < -0.3 is 9.84 Å². The molecule has 1 N–H and O–H groups in total. The molecule has 34 heavy (non-hydrogen) atoms. The smallest absolute Gasteiger partial charge is 0.247 e. The summed E-state index contributed by atoms with van der Waals surface area (Å²) in [6.45, 7) is 9.15. The Morgan fingerprint density at radius 2 is 1.88 bits per heavy atom. The molecule has 0 fully saturated rings. The number of sulfonamides is 1. The van der Waals surface area contributed by atoms with Crippen molar-refractivity contribution in [2.45, 2.75) is 51.3 Å². The lowest BCUT2D eigenvalue weighted by Crippen LogP contribution is -2.49. The van der Waals surface area contributed by atoms with Gasteiger partial charge in [-0.2, -0.15) is 4.31 Å². The first-order valence-corrected chi connectivity index (χ1v) is 13.2. The average Bonchev–Trinajstić information content (AvgIpc) is 2.80. The van der Waals surface area contributed by atoms with Crippen LogP contribution in [0.4, 0.5) is 0 Å². The molecule has 0 saturated carbocycles. The third-order valence-corrected chi connectivity index (χ3v) is 7.98. The van der Waals surface area contributed by atoms with Crippen LogP contribution in [-0.2, 0) is 16.6 Å².